The van der Waals surface area contributed by atoms with E-state index in [0.717, 1.165) is 5.56 Å². The van der Waals surface area contributed by atoms with E-state index in [1.165, 1.54) is 0 Å². The van der Waals surface area contributed by atoms with E-state index in [1.54, 1.807) is 32.9 Å². The van der Waals surface area contributed by atoms with Crippen LogP contribution in [0.1, 0.15) is 22.5 Å². The summed E-state index contributed by atoms with van der Waals surface area (Å²) in [7, 11) is -3.79. The summed E-state index contributed by atoms with van der Waals surface area (Å²) < 4.78 is 27.2. The molecule has 0 unspecified atom stereocenters. The van der Waals surface area contributed by atoms with E-state index in [-0.39, 0.29) is 16.3 Å². The zero-order chi connectivity index (χ0) is 15.1. The number of sulfonamides is 1. The third-order valence-electron chi connectivity index (χ3n) is 3.02. The highest BCUT2D eigenvalue weighted by molar-refractivity contribution is 7.92. The molecular weight excluding hydrogens is 278 g/mol. The highest BCUT2D eigenvalue weighted by Crippen LogP contribution is 2.31. The van der Waals surface area contributed by atoms with Gasteiger partial charge in [0.2, 0.25) is 0 Å². The third kappa shape index (κ3) is 2.49. The molecule has 0 atom stereocenters. The molecule has 2 rings (SSSR count). The zero-order valence-corrected chi connectivity index (χ0v) is 12.6. The van der Waals surface area contributed by atoms with Crippen molar-refractivity contribution >= 4 is 15.7 Å². The smallest absolute Gasteiger partial charge is 0.265 e. The van der Waals surface area contributed by atoms with Crippen molar-refractivity contribution in [3.8, 4) is 5.75 Å². The lowest BCUT2D eigenvalue weighted by Gasteiger charge is -2.12. The number of rotatable bonds is 3. The summed E-state index contributed by atoms with van der Waals surface area (Å²) in [4.78, 5) is 0.107. The van der Waals surface area contributed by atoms with Gasteiger partial charge in [-0.15, -0.1) is 0 Å². The minimum absolute atomic E-state index is 0.0713. The standard InChI is InChI=1S/C13H17N3O3S/c1-7-5-8(2)12(17)11(6-7)16-20(18,19)13-9(3)14-15-10(13)4/h5-6,16-17H,1-4H3,(H,14,15). The Morgan fingerprint density at radius 2 is 1.85 bits per heavy atom. The Kier molecular flexibility index (Phi) is 3.47. The van der Waals surface area contributed by atoms with Gasteiger partial charge in [-0.05, 0) is 44.9 Å². The second kappa shape index (κ2) is 4.82. The third-order valence-corrected chi connectivity index (χ3v) is 4.65. The maximum absolute atomic E-state index is 12.4. The molecule has 0 saturated carbocycles. The molecule has 108 valence electrons. The van der Waals surface area contributed by atoms with Crippen molar-refractivity contribution in [1.29, 1.82) is 0 Å². The van der Waals surface area contributed by atoms with E-state index in [0.29, 0.717) is 17.0 Å². The SMILES string of the molecule is Cc1cc(C)c(O)c(NS(=O)(=O)c2c(C)n[nH]c2C)c1. The Hall–Kier alpha value is -2.02. The molecule has 0 saturated heterocycles. The van der Waals surface area contributed by atoms with Gasteiger partial charge in [-0.2, -0.15) is 5.10 Å². The van der Waals surface area contributed by atoms with Gasteiger partial charge in [-0.1, -0.05) is 6.07 Å². The molecule has 0 bridgehead atoms. The molecule has 3 N–H and O–H groups in total. The van der Waals surface area contributed by atoms with Crippen LogP contribution in [0.3, 0.4) is 0 Å². The average Bonchev–Trinajstić information content (AvgIpc) is 2.65. The molecule has 0 amide bonds. The van der Waals surface area contributed by atoms with Gasteiger partial charge >= 0.3 is 0 Å². The monoisotopic (exact) mass is 295 g/mol. The molecule has 0 fully saturated rings. The Labute approximate surface area is 117 Å². The van der Waals surface area contributed by atoms with Gasteiger partial charge in [0.15, 0.2) is 0 Å². The molecule has 0 spiro atoms. The molecule has 0 radical (unpaired) electrons. The van der Waals surface area contributed by atoms with Crippen LogP contribution < -0.4 is 4.72 Å². The largest absolute Gasteiger partial charge is 0.505 e. The predicted octanol–water partition coefficient (Wildman–Crippen LogP) is 2.15. The Morgan fingerprint density at radius 3 is 2.40 bits per heavy atom. The maximum Gasteiger partial charge on any atom is 0.265 e. The number of aryl methyl sites for hydroxylation is 4. The first-order chi connectivity index (χ1) is 9.22. The van der Waals surface area contributed by atoms with Crippen molar-refractivity contribution in [3.63, 3.8) is 0 Å². The van der Waals surface area contributed by atoms with Crippen LogP contribution in [0, 0.1) is 27.7 Å². The van der Waals surface area contributed by atoms with Gasteiger partial charge in [-0.3, -0.25) is 9.82 Å². The second-order valence-electron chi connectivity index (χ2n) is 4.85. The van der Waals surface area contributed by atoms with E-state index in [2.05, 4.69) is 14.9 Å². The lowest BCUT2D eigenvalue weighted by atomic mass is 10.1. The van der Waals surface area contributed by atoms with E-state index in [9.17, 15) is 13.5 Å². The molecular formula is C13H17N3O3S. The number of aromatic nitrogens is 2. The highest BCUT2D eigenvalue weighted by atomic mass is 32.2. The molecule has 1 aromatic carbocycles. The Bertz CT molecular complexity index is 744. The highest BCUT2D eigenvalue weighted by Gasteiger charge is 2.23. The van der Waals surface area contributed by atoms with Crippen LogP contribution in [0.25, 0.3) is 0 Å². The average molecular weight is 295 g/mol. The number of benzene rings is 1. The molecule has 2 aromatic rings. The van der Waals surface area contributed by atoms with Crippen LogP contribution in [-0.2, 0) is 10.0 Å². The van der Waals surface area contributed by atoms with Crippen molar-refractivity contribution in [2.45, 2.75) is 32.6 Å². The molecule has 0 aliphatic heterocycles. The fraction of sp³-hybridized carbons (Fsp3) is 0.308. The van der Waals surface area contributed by atoms with Crippen LogP contribution in [0.2, 0.25) is 0 Å². The number of phenolic OH excluding ortho intramolecular Hbond substituents is 1. The van der Waals surface area contributed by atoms with Crippen LogP contribution >= 0.6 is 0 Å². The van der Waals surface area contributed by atoms with E-state index in [4.69, 9.17) is 0 Å². The summed E-state index contributed by atoms with van der Waals surface area (Å²) in [6, 6.07) is 3.37. The fourth-order valence-corrected chi connectivity index (χ4v) is 3.60. The van der Waals surface area contributed by atoms with E-state index in [1.807, 2.05) is 6.92 Å². The van der Waals surface area contributed by atoms with E-state index < -0.39 is 10.0 Å². The summed E-state index contributed by atoms with van der Waals surface area (Å²) in [5.41, 5.74) is 2.49. The summed E-state index contributed by atoms with van der Waals surface area (Å²) >= 11 is 0. The fourth-order valence-electron chi connectivity index (χ4n) is 2.17. The number of nitrogens with zero attached hydrogens (tertiary/aromatic N) is 1. The van der Waals surface area contributed by atoms with Gasteiger partial charge in [0.1, 0.15) is 10.6 Å². The number of hydrogen-bond acceptors (Lipinski definition) is 4. The predicted molar refractivity (Wildman–Crippen MR) is 76.5 cm³/mol. The Morgan fingerprint density at radius 1 is 1.20 bits per heavy atom. The minimum Gasteiger partial charge on any atom is -0.505 e. The van der Waals surface area contributed by atoms with Crippen molar-refractivity contribution in [2.24, 2.45) is 0 Å². The molecule has 7 heteroatoms. The number of anilines is 1. The number of nitrogens with one attached hydrogen (secondary N) is 2. The molecule has 20 heavy (non-hydrogen) atoms. The first-order valence-corrected chi connectivity index (χ1v) is 7.55. The van der Waals surface area contributed by atoms with Crippen LogP contribution in [0.15, 0.2) is 17.0 Å². The van der Waals surface area contributed by atoms with Gasteiger partial charge in [0, 0.05) is 0 Å². The lowest BCUT2D eigenvalue weighted by Crippen LogP contribution is -2.15. The first-order valence-electron chi connectivity index (χ1n) is 6.07. The lowest BCUT2D eigenvalue weighted by molar-refractivity contribution is 0.473. The number of hydrogen-bond donors (Lipinski definition) is 3. The topological polar surface area (TPSA) is 95.1 Å². The molecule has 1 heterocycles. The molecule has 0 aliphatic rings. The Balaban J connectivity index is 2.49. The number of aromatic hydroxyl groups is 1. The summed E-state index contributed by atoms with van der Waals surface area (Å²) in [6.45, 7) is 6.79. The molecule has 0 aliphatic carbocycles. The second-order valence-corrected chi connectivity index (χ2v) is 6.47. The number of phenols is 1. The summed E-state index contributed by atoms with van der Waals surface area (Å²) in [5, 5.41) is 16.5. The summed E-state index contributed by atoms with van der Waals surface area (Å²) in [6.07, 6.45) is 0. The van der Waals surface area contributed by atoms with E-state index >= 15 is 0 Å². The summed E-state index contributed by atoms with van der Waals surface area (Å²) in [5.74, 6) is -0.0713. The quantitative estimate of drug-likeness (QED) is 0.756. The maximum atomic E-state index is 12.4. The number of H-pyrrole nitrogens is 1. The van der Waals surface area contributed by atoms with Crippen molar-refractivity contribution in [1.82, 2.24) is 10.2 Å². The minimum atomic E-state index is -3.79. The van der Waals surface area contributed by atoms with Gasteiger partial charge < -0.3 is 5.11 Å². The van der Waals surface area contributed by atoms with Gasteiger partial charge in [-0.25, -0.2) is 8.42 Å². The van der Waals surface area contributed by atoms with Crippen molar-refractivity contribution < 1.29 is 13.5 Å². The molecule has 6 nitrogen and oxygen atoms in total. The van der Waals surface area contributed by atoms with Gasteiger partial charge in [0.25, 0.3) is 10.0 Å². The van der Waals surface area contributed by atoms with Crippen LogP contribution in [-0.4, -0.2) is 23.7 Å². The molecule has 1 aromatic heterocycles. The van der Waals surface area contributed by atoms with Gasteiger partial charge in [0.05, 0.1) is 17.1 Å². The van der Waals surface area contributed by atoms with Crippen molar-refractivity contribution in [3.05, 3.63) is 34.6 Å². The van der Waals surface area contributed by atoms with Crippen molar-refractivity contribution in [2.75, 3.05) is 4.72 Å². The first kappa shape index (κ1) is 14.4. The number of aromatic amines is 1. The zero-order valence-electron chi connectivity index (χ0n) is 11.8. The van der Waals surface area contributed by atoms with Crippen LogP contribution in [0.5, 0.6) is 5.75 Å². The van der Waals surface area contributed by atoms with Crippen LogP contribution in [0.4, 0.5) is 5.69 Å². The normalized spacial score (nSPS) is 11.6.